The highest BCUT2D eigenvalue weighted by molar-refractivity contribution is 6.02. The average Bonchev–Trinajstić information content (AvgIpc) is 2.74. The first-order valence-electron chi connectivity index (χ1n) is 9.02. The van der Waals surface area contributed by atoms with Crippen molar-refractivity contribution in [3.05, 3.63) is 95.6 Å². The highest BCUT2D eigenvalue weighted by Crippen LogP contribution is 2.23. The molecule has 3 aromatic carbocycles. The molecule has 0 heterocycles. The van der Waals surface area contributed by atoms with E-state index in [0.29, 0.717) is 11.5 Å². The second-order valence-corrected chi connectivity index (χ2v) is 6.29. The van der Waals surface area contributed by atoms with Gasteiger partial charge in [-0.2, -0.15) is 0 Å². The van der Waals surface area contributed by atoms with Gasteiger partial charge in [0.1, 0.15) is 11.5 Å². The van der Waals surface area contributed by atoms with Crippen molar-refractivity contribution in [1.29, 1.82) is 0 Å². The van der Waals surface area contributed by atoms with E-state index in [1.165, 1.54) is 11.6 Å². The molecule has 3 aromatic rings. The molecule has 0 aliphatic carbocycles. The Bertz CT molecular complexity index is 942. The number of methoxy groups -OCH3 is 2. The van der Waals surface area contributed by atoms with Crippen LogP contribution in [0.4, 0.5) is 5.69 Å². The van der Waals surface area contributed by atoms with Crippen LogP contribution in [-0.4, -0.2) is 20.1 Å². The summed E-state index contributed by atoms with van der Waals surface area (Å²) in [6, 6.07) is 23.5. The summed E-state index contributed by atoms with van der Waals surface area (Å²) in [5, 5.41) is 2.97. The van der Waals surface area contributed by atoms with Gasteiger partial charge in [-0.15, -0.1) is 0 Å². The third kappa shape index (κ3) is 5.24. The number of benzene rings is 3. The summed E-state index contributed by atoms with van der Waals surface area (Å²) in [6.45, 7) is 0. The van der Waals surface area contributed by atoms with E-state index in [1.807, 2.05) is 54.6 Å². The smallest absolute Gasteiger partial charge is 0.248 e. The Morgan fingerprint density at radius 3 is 2.21 bits per heavy atom. The van der Waals surface area contributed by atoms with E-state index in [9.17, 15) is 4.79 Å². The molecule has 0 radical (unpaired) electrons. The van der Waals surface area contributed by atoms with Gasteiger partial charge in [-0.1, -0.05) is 48.5 Å². The second-order valence-electron chi connectivity index (χ2n) is 6.29. The van der Waals surface area contributed by atoms with Gasteiger partial charge in [0.15, 0.2) is 0 Å². The van der Waals surface area contributed by atoms with Crippen LogP contribution in [0.25, 0.3) is 6.08 Å². The van der Waals surface area contributed by atoms with Crippen LogP contribution in [-0.2, 0) is 11.2 Å². The van der Waals surface area contributed by atoms with Gasteiger partial charge in [-0.05, 0) is 47.4 Å². The van der Waals surface area contributed by atoms with Crippen molar-refractivity contribution in [3.8, 4) is 11.5 Å². The summed E-state index contributed by atoms with van der Waals surface area (Å²) in [5.41, 5.74) is 3.90. The Morgan fingerprint density at radius 2 is 1.54 bits per heavy atom. The van der Waals surface area contributed by atoms with Crippen LogP contribution in [0, 0.1) is 0 Å². The molecule has 0 unspecified atom stereocenters. The number of nitrogens with one attached hydrogen (secondary N) is 1. The molecule has 3 rings (SSSR count). The Labute approximate surface area is 165 Å². The van der Waals surface area contributed by atoms with Crippen molar-refractivity contribution in [2.75, 3.05) is 19.5 Å². The molecule has 0 aliphatic heterocycles. The Hall–Kier alpha value is -3.53. The fourth-order valence-corrected chi connectivity index (χ4v) is 2.88. The minimum Gasteiger partial charge on any atom is -0.497 e. The molecule has 0 fully saturated rings. The first kappa shape index (κ1) is 19.2. The number of ether oxygens (including phenoxy) is 2. The molecule has 28 heavy (non-hydrogen) atoms. The molecule has 4 heteroatoms. The fourth-order valence-electron chi connectivity index (χ4n) is 2.88. The number of carbonyl (C=O) groups is 1. The number of para-hydroxylation sites is 1. The lowest BCUT2D eigenvalue weighted by Crippen LogP contribution is -2.10. The minimum absolute atomic E-state index is 0.192. The van der Waals surface area contributed by atoms with E-state index in [1.54, 1.807) is 26.4 Å². The topological polar surface area (TPSA) is 47.6 Å². The van der Waals surface area contributed by atoms with Crippen LogP contribution in [0.5, 0.6) is 11.5 Å². The van der Waals surface area contributed by atoms with Crippen molar-refractivity contribution in [3.63, 3.8) is 0 Å². The lowest BCUT2D eigenvalue weighted by molar-refractivity contribution is -0.111. The largest absolute Gasteiger partial charge is 0.497 e. The minimum atomic E-state index is -0.192. The molecule has 1 amide bonds. The molecular formula is C24H23NO3. The third-order valence-corrected chi connectivity index (χ3v) is 4.31. The molecular weight excluding hydrogens is 350 g/mol. The molecule has 0 saturated carbocycles. The zero-order chi connectivity index (χ0) is 19.8. The van der Waals surface area contributed by atoms with Gasteiger partial charge in [-0.25, -0.2) is 0 Å². The Kier molecular flexibility index (Phi) is 6.47. The second kappa shape index (κ2) is 9.42. The van der Waals surface area contributed by atoms with Gasteiger partial charge < -0.3 is 14.8 Å². The number of rotatable bonds is 7. The molecule has 1 N–H and O–H groups in total. The third-order valence-electron chi connectivity index (χ3n) is 4.31. The first-order chi connectivity index (χ1) is 13.7. The zero-order valence-corrected chi connectivity index (χ0v) is 16.0. The number of hydrogen-bond donors (Lipinski definition) is 1. The Morgan fingerprint density at radius 1 is 0.893 bits per heavy atom. The number of anilines is 1. The zero-order valence-electron chi connectivity index (χ0n) is 16.0. The van der Waals surface area contributed by atoms with Gasteiger partial charge in [0, 0.05) is 17.8 Å². The van der Waals surface area contributed by atoms with Crippen molar-refractivity contribution >= 4 is 17.7 Å². The van der Waals surface area contributed by atoms with E-state index in [0.717, 1.165) is 23.2 Å². The molecule has 0 spiro atoms. The summed E-state index contributed by atoms with van der Waals surface area (Å²) in [5.74, 6) is 1.16. The van der Waals surface area contributed by atoms with E-state index in [-0.39, 0.29) is 5.91 Å². The van der Waals surface area contributed by atoms with Crippen molar-refractivity contribution in [1.82, 2.24) is 0 Å². The molecule has 0 aromatic heterocycles. The van der Waals surface area contributed by atoms with Crippen LogP contribution in [0.2, 0.25) is 0 Å². The maximum atomic E-state index is 12.4. The molecule has 142 valence electrons. The van der Waals surface area contributed by atoms with Crippen LogP contribution in [0.3, 0.4) is 0 Å². The Balaban J connectivity index is 1.73. The average molecular weight is 373 g/mol. The SMILES string of the molecule is COc1cc(/C=C/C(=O)Nc2ccccc2Cc2ccccc2)cc(OC)c1. The number of hydrogen-bond acceptors (Lipinski definition) is 3. The highest BCUT2D eigenvalue weighted by Gasteiger charge is 2.06. The van der Waals surface area contributed by atoms with E-state index >= 15 is 0 Å². The standard InChI is InChI=1S/C24H23NO3/c1-27-21-15-19(16-22(17-21)28-2)12-13-24(26)25-23-11-7-6-10-20(23)14-18-8-4-3-5-9-18/h3-13,15-17H,14H2,1-2H3,(H,25,26)/b13-12+. The van der Waals surface area contributed by atoms with Crippen LogP contribution in [0.15, 0.2) is 78.9 Å². The van der Waals surface area contributed by atoms with Gasteiger partial charge in [-0.3, -0.25) is 4.79 Å². The maximum absolute atomic E-state index is 12.4. The van der Waals surface area contributed by atoms with Crippen molar-refractivity contribution in [2.45, 2.75) is 6.42 Å². The van der Waals surface area contributed by atoms with Gasteiger partial charge in [0.25, 0.3) is 0 Å². The summed E-state index contributed by atoms with van der Waals surface area (Å²) in [7, 11) is 3.19. The number of amides is 1. The summed E-state index contributed by atoms with van der Waals surface area (Å²) < 4.78 is 10.5. The summed E-state index contributed by atoms with van der Waals surface area (Å²) in [4.78, 5) is 12.4. The summed E-state index contributed by atoms with van der Waals surface area (Å²) in [6.07, 6.45) is 4.00. The summed E-state index contributed by atoms with van der Waals surface area (Å²) >= 11 is 0. The van der Waals surface area contributed by atoms with Gasteiger partial charge >= 0.3 is 0 Å². The fraction of sp³-hybridized carbons (Fsp3) is 0.125. The van der Waals surface area contributed by atoms with Gasteiger partial charge in [0.2, 0.25) is 5.91 Å². The van der Waals surface area contributed by atoms with E-state index < -0.39 is 0 Å². The molecule has 0 atom stereocenters. The van der Waals surface area contributed by atoms with Crippen molar-refractivity contribution in [2.24, 2.45) is 0 Å². The quantitative estimate of drug-likeness (QED) is 0.596. The van der Waals surface area contributed by atoms with Gasteiger partial charge in [0.05, 0.1) is 14.2 Å². The predicted molar refractivity (Wildman–Crippen MR) is 113 cm³/mol. The van der Waals surface area contributed by atoms with Crippen LogP contribution < -0.4 is 14.8 Å². The van der Waals surface area contributed by atoms with Crippen LogP contribution >= 0.6 is 0 Å². The maximum Gasteiger partial charge on any atom is 0.248 e. The lowest BCUT2D eigenvalue weighted by atomic mass is 10.0. The molecule has 4 nitrogen and oxygen atoms in total. The molecule has 0 bridgehead atoms. The van der Waals surface area contributed by atoms with E-state index in [2.05, 4.69) is 17.4 Å². The normalized spacial score (nSPS) is 10.6. The lowest BCUT2D eigenvalue weighted by Gasteiger charge is -2.10. The van der Waals surface area contributed by atoms with Crippen molar-refractivity contribution < 1.29 is 14.3 Å². The monoisotopic (exact) mass is 373 g/mol. The van der Waals surface area contributed by atoms with E-state index in [4.69, 9.17) is 9.47 Å². The number of carbonyl (C=O) groups excluding carboxylic acids is 1. The molecule has 0 aliphatic rings. The highest BCUT2D eigenvalue weighted by atomic mass is 16.5. The molecule has 0 saturated heterocycles. The predicted octanol–water partition coefficient (Wildman–Crippen LogP) is 4.95. The first-order valence-corrected chi connectivity index (χ1v) is 9.02. The van der Waals surface area contributed by atoms with Crippen LogP contribution in [0.1, 0.15) is 16.7 Å².